The van der Waals surface area contributed by atoms with Crippen LogP contribution < -0.4 is 10.7 Å². The van der Waals surface area contributed by atoms with Gasteiger partial charge in [-0.3, -0.25) is 9.59 Å². The lowest BCUT2D eigenvalue weighted by Gasteiger charge is -2.08. The normalized spacial score (nSPS) is 10.7. The largest absolute Gasteiger partial charge is 0.326 e. The van der Waals surface area contributed by atoms with Crippen molar-refractivity contribution in [3.05, 3.63) is 60.7 Å². The molecule has 0 fully saturated rings. The average molecular weight is 561 g/mol. The molecule has 2 aromatic carbocycles. The highest BCUT2D eigenvalue weighted by Crippen LogP contribution is 2.18. The van der Waals surface area contributed by atoms with Crippen LogP contribution in [0, 0.1) is 14.1 Å². The van der Waals surface area contributed by atoms with E-state index in [9.17, 15) is 9.59 Å². The van der Waals surface area contributed by atoms with E-state index in [2.05, 4.69) is 61.0 Å². The van der Waals surface area contributed by atoms with Gasteiger partial charge in [0.25, 0.3) is 0 Å². The number of rotatable bonds is 6. The summed E-state index contributed by atoms with van der Waals surface area (Å²) in [6.07, 6.45) is 1.76. The van der Waals surface area contributed by atoms with E-state index in [1.807, 2.05) is 49.4 Å². The number of halogens is 2. The zero-order valence-corrected chi connectivity index (χ0v) is 17.9. The Bertz CT molecular complexity index is 789. The fourth-order valence-electron chi connectivity index (χ4n) is 1.99. The van der Waals surface area contributed by atoms with Crippen molar-refractivity contribution in [3.8, 4) is 0 Å². The van der Waals surface area contributed by atoms with Crippen LogP contribution in [-0.4, -0.2) is 18.0 Å². The number of carbonyl (C=O) groups excluding carboxylic acids is 2. The molecule has 0 atom stereocenters. The molecule has 7 heteroatoms. The van der Waals surface area contributed by atoms with E-state index < -0.39 is 0 Å². The van der Waals surface area contributed by atoms with Gasteiger partial charge in [0.1, 0.15) is 0 Å². The van der Waals surface area contributed by atoms with E-state index >= 15 is 0 Å². The summed E-state index contributed by atoms with van der Waals surface area (Å²) in [6.45, 7) is 1.93. The number of benzene rings is 2. The van der Waals surface area contributed by atoms with Crippen LogP contribution in [0.5, 0.6) is 0 Å². The van der Waals surface area contributed by atoms with Crippen molar-refractivity contribution in [1.29, 1.82) is 0 Å². The van der Waals surface area contributed by atoms with Crippen LogP contribution in [0.25, 0.3) is 0 Å². The first kappa shape index (κ1) is 19.8. The summed E-state index contributed by atoms with van der Waals surface area (Å²) in [5, 5.41) is 6.72. The van der Waals surface area contributed by atoms with Crippen molar-refractivity contribution >= 4 is 68.9 Å². The van der Waals surface area contributed by atoms with Crippen molar-refractivity contribution in [2.45, 2.75) is 19.8 Å². The number of nitrogens with zero attached hydrogens (tertiary/aromatic N) is 1. The van der Waals surface area contributed by atoms with Crippen LogP contribution in [-0.2, 0) is 9.59 Å². The smallest absolute Gasteiger partial charge is 0.240 e. The Hall–Kier alpha value is -1.49. The van der Waals surface area contributed by atoms with Crippen molar-refractivity contribution in [2.24, 2.45) is 5.10 Å². The zero-order chi connectivity index (χ0) is 18.2. The minimum Gasteiger partial charge on any atom is -0.326 e. The molecular formula is C18H17I2N3O2. The first-order chi connectivity index (χ1) is 11.9. The lowest BCUT2D eigenvalue weighted by molar-refractivity contribution is -0.124. The zero-order valence-electron chi connectivity index (χ0n) is 13.6. The quantitative estimate of drug-likeness (QED) is 0.318. The molecule has 0 saturated heterocycles. The third kappa shape index (κ3) is 7.10. The van der Waals surface area contributed by atoms with E-state index in [0.717, 1.165) is 24.0 Å². The molecule has 0 aromatic heterocycles. The molecule has 0 heterocycles. The summed E-state index contributed by atoms with van der Waals surface area (Å²) >= 11 is 4.44. The van der Waals surface area contributed by atoms with Crippen LogP contribution in [0.4, 0.5) is 5.69 Å². The number of carbonyl (C=O) groups is 2. The van der Waals surface area contributed by atoms with Crippen LogP contribution in [0.2, 0.25) is 0 Å². The van der Waals surface area contributed by atoms with Gasteiger partial charge in [-0.05, 0) is 93.6 Å². The van der Waals surface area contributed by atoms with Gasteiger partial charge in [0.05, 0.1) is 6.21 Å². The highest BCUT2D eigenvalue weighted by molar-refractivity contribution is 14.1. The molecule has 2 rings (SSSR count). The topological polar surface area (TPSA) is 70.6 Å². The van der Waals surface area contributed by atoms with Crippen molar-refractivity contribution in [1.82, 2.24) is 5.43 Å². The number of amides is 2. The Balaban J connectivity index is 1.75. The summed E-state index contributed by atoms with van der Waals surface area (Å²) in [6, 6.07) is 13.5. The predicted molar refractivity (Wildman–Crippen MR) is 117 cm³/mol. The van der Waals surface area contributed by atoms with Gasteiger partial charge in [-0.25, -0.2) is 5.43 Å². The number of hydrogen-bond acceptors (Lipinski definition) is 3. The fraction of sp³-hybridized carbons (Fsp3) is 0.167. The summed E-state index contributed by atoms with van der Waals surface area (Å²) in [7, 11) is 0. The molecule has 5 nitrogen and oxygen atoms in total. The highest BCUT2D eigenvalue weighted by Gasteiger charge is 2.08. The molecule has 0 radical (unpaired) electrons. The fourth-order valence-corrected chi connectivity index (χ4v) is 3.00. The van der Waals surface area contributed by atoms with Crippen molar-refractivity contribution in [3.63, 3.8) is 0 Å². The lowest BCUT2D eigenvalue weighted by Crippen LogP contribution is -2.20. The van der Waals surface area contributed by atoms with E-state index in [-0.39, 0.29) is 24.7 Å². The molecule has 0 saturated carbocycles. The average Bonchev–Trinajstić information content (AvgIpc) is 2.57. The van der Waals surface area contributed by atoms with Crippen LogP contribution in [0.1, 0.15) is 24.0 Å². The number of hydrogen-bond donors (Lipinski definition) is 2. The number of aryl methyl sites for hydroxylation is 1. The molecule has 0 aliphatic rings. The second kappa shape index (κ2) is 9.85. The predicted octanol–water partition coefficient (Wildman–Crippen LogP) is 4.07. The first-order valence-corrected chi connectivity index (χ1v) is 9.73. The Labute approximate surface area is 173 Å². The molecule has 0 unspecified atom stereocenters. The van der Waals surface area contributed by atoms with Gasteiger partial charge >= 0.3 is 0 Å². The maximum atomic E-state index is 11.9. The van der Waals surface area contributed by atoms with Gasteiger partial charge in [-0.2, -0.15) is 5.10 Å². The third-order valence-electron chi connectivity index (χ3n) is 3.31. The third-order valence-corrected chi connectivity index (χ3v) is 4.70. The Morgan fingerprint density at radius 1 is 1.00 bits per heavy atom. The van der Waals surface area contributed by atoms with E-state index in [1.54, 1.807) is 6.21 Å². The Kier molecular flexibility index (Phi) is 7.82. The molecule has 25 heavy (non-hydrogen) atoms. The number of nitrogens with one attached hydrogen (secondary N) is 2. The SMILES string of the molecule is Cc1cc(I)ccc1NC(=O)CCC(=O)NN=Cc1ccc(I)cc1. The molecule has 2 amide bonds. The molecule has 130 valence electrons. The van der Waals surface area contributed by atoms with Crippen LogP contribution in [0.3, 0.4) is 0 Å². The van der Waals surface area contributed by atoms with Gasteiger partial charge in [0.2, 0.25) is 11.8 Å². The molecule has 2 aromatic rings. The standard InChI is InChI=1S/C18H17I2N3O2/c1-12-10-15(20)6-7-16(12)22-17(24)8-9-18(25)23-21-11-13-2-4-14(19)5-3-13/h2-7,10-11H,8-9H2,1H3,(H,22,24)(H,23,25). The molecule has 2 N–H and O–H groups in total. The van der Waals surface area contributed by atoms with Gasteiger partial charge in [-0.1, -0.05) is 12.1 Å². The second-order valence-corrected chi connectivity index (χ2v) is 7.84. The van der Waals surface area contributed by atoms with Crippen molar-refractivity contribution in [2.75, 3.05) is 5.32 Å². The van der Waals surface area contributed by atoms with Gasteiger partial charge in [-0.15, -0.1) is 0 Å². The summed E-state index contributed by atoms with van der Waals surface area (Å²) in [5.41, 5.74) is 5.09. The molecule has 0 aliphatic carbocycles. The highest BCUT2D eigenvalue weighted by atomic mass is 127. The maximum absolute atomic E-state index is 11.9. The van der Waals surface area contributed by atoms with E-state index in [4.69, 9.17) is 0 Å². The summed E-state index contributed by atoms with van der Waals surface area (Å²) in [4.78, 5) is 23.7. The molecule has 0 spiro atoms. The Morgan fingerprint density at radius 3 is 2.32 bits per heavy atom. The van der Waals surface area contributed by atoms with Crippen LogP contribution in [0.15, 0.2) is 47.6 Å². The van der Waals surface area contributed by atoms with Gasteiger partial charge < -0.3 is 5.32 Å². The first-order valence-electron chi connectivity index (χ1n) is 7.57. The minimum absolute atomic E-state index is 0.0826. The Morgan fingerprint density at radius 2 is 1.64 bits per heavy atom. The van der Waals surface area contributed by atoms with Gasteiger partial charge in [0.15, 0.2) is 0 Å². The lowest BCUT2D eigenvalue weighted by atomic mass is 10.2. The van der Waals surface area contributed by atoms with E-state index in [0.29, 0.717) is 0 Å². The summed E-state index contributed by atoms with van der Waals surface area (Å²) < 4.78 is 2.24. The van der Waals surface area contributed by atoms with Crippen LogP contribution >= 0.6 is 45.2 Å². The minimum atomic E-state index is -0.295. The second-order valence-electron chi connectivity index (χ2n) is 5.35. The maximum Gasteiger partial charge on any atom is 0.240 e. The monoisotopic (exact) mass is 561 g/mol. The molecule has 0 bridgehead atoms. The van der Waals surface area contributed by atoms with E-state index in [1.165, 1.54) is 0 Å². The molecule has 0 aliphatic heterocycles. The molecular weight excluding hydrogens is 544 g/mol. The summed E-state index contributed by atoms with van der Waals surface area (Å²) in [5.74, 6) is -0.489. The number of hydrazone groups is 1. The number of anilines is 1. The van der Waals surface area contributed by atoms with Gasteiger partial charge in [0, 0.05) is 25.7 Å². The van der Waals surface area contributed by atoms with Crippen molar-refractivity contribution < 1.29 is 9.59 Å².